The number of hydrogen-bond donors (Lipinski definition) is 4. The van der Waals surface area contributed by atoms with E-state index in [2.05, 4.69) is 84.7 Å². The minimum atomic E-state index is -0.496. The van der Waals surface area contributed by atoms with Crippen molar-refractivity contribution >= 4 is 47.0 Å². The van der Waals surface area contributed by atoms with Gasteiger partial charge >= 0.3 is 0 Å². The van der Waals surface area contributed by atoms with E-state index in [0.717, 1.165) is 109 Å². The van der Waals surface area contributed by atoms with Crippen molar-refractivity contribution < 1.29 is 19.2 Å². The SMILES string of the molecule is CCCC(C)C(NC)C(=O)N1CCCC1C1=NC(C)(C)c2ccc(-c3ccc(C#CC(=N)C=NCC4CCCN4C(=O)C(NC(C)=O)C4CCCCC4)c4c3CC3C(=O)CC43)cc2N1. The van der Waals surface area contributed by atoms with E-state index in [4.69, 9.17) is 10.4 Å². The third-order valence-electron chi connectivity index (χ3n) is 15.1. The van der Waals surface area contributed by atoms with Gasteiger partial charge in [-0.3, -0.25) is 34.6 Å². The summed E-state index contributed by atoms with van der Waals surface area (Å²) < 4.78 is 0. The van der Waals surface area contributed by atoms with Crippen LogP contribution < -0.4 is 16.0 Å². The van der Waals surface area contributed by atoms with Crippen LogP contribution in [0.3, 0.4) is 0 Å². The van der Waals surface area contributed by atoms with Crippen LogP contribution in [-0.2, 0) is 31.1 Å². The van der Waals surface area contributed by atoms with E-state index in [1.807, 2.05) is 22.9 Å². The molecule has 12 nitrogen and oxygen atoms in total. The second-order valence-corrected chi connectivity index (χ2v) is 19.9. The van der Waals surface area contributed by atoms with Crippen molar-refractivity contribution in [2.75, 3.05) is 32.0 Å². The highest BCUT2D eigenvalue weighted by atomic mass is 16.2. The number of fused-ring (bicyclic) bond motifs is 4. The maximum Gasteiger partial charge on any atom is 0.245 e. The zero-order valence-corrected chi connectivity index (χ0v) is 38.8. The molecule has 0 spiro atoms. The van der Waals surface area contributed by atoms with Crippen LogP contribution in [0.4, 0.5) is 5.69 Å². The molecule has 4 N–H and O–H groups in total. The van der Waals surface area contributed by atoms with Gasteiger partial charge in [0, 0.05) is 55.1 Å². The quantitative estimate of drug-likeness (QED) is 0.123. The molecule has 2 aromatic rings. The highest BCUT2D eigenvalue weighted by Gasteiger charge is 2.48. The lowest BCUT2D eigenvalue weighted by atomic mass is 9.72. The Bertz CT molecular complexity index is 2300. The topological polar surface area (TPSA) is 159 Å². The minimum absolute atomic E-state index is 0.00630. The van der Waals surface area contributed by atoms with E-state index < -0.39 is 11.6 Å². The van der Waals surface area contributed by atoms with Gasteiger partial charge in [0.1, 0.15) is 23.4 Å². The molecule has 3 heterocycles. The molecule has 7 atom stereocenters. The van der Waals surface area contributed by atoms with Crippen molar-refractivity contribution in [1.29, 1.82) is 5.41 Å². The van der Waals surface area contributed by atoms with E-state index in [9.17, 15) is 19.2 Å². The summed E-state index contributed by atoms with van der Waals surface area (Å²) in [5.74, 6) is 7.89. The molecule has 2 aromatic carbocycles. The zero-order valence-electron chi connectivity index (χ0n) is 38.8. The average molecular weight is 869 g/mol. The van der Waals surface area contributed by atoms with Gasteiger partial charge in [-0.1, -0.05) is 63.7 Å². The van der Waals surface area contributed by atoms with E-state index in [-0.39, 0.29) is 65.2 Å². The predicted molar refractivity (Wildman–Crippen MR) is 254 cm³/mol. The van der Waals surface area contributed by atoms with Crippen LogP contribution >= 0.6 is 0 Å². The Labute approximate surface area is 379 Å². The molecule has 64 heavy (non-hydrogen) atoms. The molecule has 2 saturated heterocycles. The summed E-state index contributed by atoms with van der Waals surface area (Å²) in [6.07, 6.45) is 13.5. The average Bonchev–Trinajstić information content (AvgIpc) is 4.03. The number of ketones is 1. The number of carbonyl (C=O) groups is 4. The summed E-state index contributed by atoms with van der Waals surface area (Å²) in [4.78, 5) is 66.6. The summed E-state index contributed by atoms with van der Waals surface area (Å²) in [6, 6.07) is 9.75. The first-order valence-electron chi connectivity index (χ1n) is 24.1. The fraction of sp³-hybridized carbons (Fsp3) is 0.596. The standard InChI is InChI=1S/C52H68N8O4/c1-7-13-31(2)47(54-6)50(63)60-25-12-17-44(60)49-57-43-26-35(20-23-42(43)52(4,5)58-49)38-22-19-33(46-40(38)27-39-41(46)28-45(39)62)18-21-36(53)29-55-30-37-16-11-24-59(37)51(64)48(56-32(3)61)34-14-9-8-10-15-34/h19-20,22-23,26,29,31,34,37,39,41,44,47-48,53-54H,7-17,24-25,27-28,30H2,1-6H3,(H,56,61)(H,57,58). The lowest BCUT2D eigenvalue weighted by molar-refractivity contribution is -0.138. The number of hydrogen-bond acceptors (Lipinski definition) is 9. The van der Waals surface area contributed by atoms with Crippen molar-refractivity contribution in [2.45, 2.75) is 154 Å². The molecule has 7 unspecified atom stereocenters. The minimum Gasteiger partial charge on any atom is -0.344 e. The van der Waals surface area contributed by atoms with Crippen LogP contribution in [0.1, 0.15) is 140 Å². The number of nitrogens with zero attached hydrogens (tertiary/aromatic N) is 4. The summed E-state index contributed by atoms with van der Waals surface area (Å²) in [5.41, 5.74) is 6.94. The highest BCUT2D eigenvalue weighted by Crippen LogP contribution is 2.53. The molecule has 0 aromatic heterocycles. The Hall–Kier alpha value is -5.15. The van der Waals surface area contributed by atoms with Gasteiger partial charge in [-0.25, -0.2) is 0 Å². The van der Waals surface area contributed by atoms with Gasteiger partial charge in [0.25, 0.3) is 0 Å². The molecular weight excluding hydrogens is 801 g/mol. The second-order valence-electron chi connectivity index (χ2n) is 19.9. The Kier molecular flexibility index (Phi) is 13.6. The van der Waals surface area contributed by atoms with Gasteiger partial charge in [-0.2, -0.15) is 0 Å². The molecule has 4 fully saturated rings. The van der Waals surface area contributed by atoms with E-state index in [1.54, 1.807) is 0 Å². The number of benzene rings is 2. The van der Waals surface area contributed by atoms with Crippen LogP contribution in [-0.4, -0.2) is 102 Å². The van der Waals surface area contributed by atoms with Crippen LogP contribution in [0.15, 0.2) is 40.3 Å². The molecule has 6 aliphatic rings. The fourth-order valence-corrected chi connectivity index (χ4v) is 11.8. The fourth-order valence-electron chi connectivity index (χ4n) is 11.8. The van der Waals surface area contributed by atoms with Gasteiger partial charge in [-0.05, 0) is 124 Å². The van der Waals surface area contributed by atoms with Crippen LogP contribution in [0.5, 0.6) is 0 Å². The largest absolute Gasteiger partial charge is 0.344 e. The number of amidine groups is 1. The first-order chi connectivity index (χ1) is 30.8. The Balaban J connectivity index is 0.987. The van der Waals surface area contributed by atoms with Gasteiger partial charge in [0.2, 0.25) is 17.7 Å². The van der Waals surface area contributed by atoms with Crippen molar-refractivity contribution in [3.63, 3.8) is 0 Å². The number of carbonyl (C=O) groups excluding carboxylic acids is 4. The normalized spacial score (nSPS) is 24.9. The van der Waals surface area contributed by atoms with Crippen molar-refractivity contribution in [3.05, 3.63) is 52.6 Å². The summed E-state index contributed by atoms with van der Waals surface area (Å²) in [6.45, 7) is 11.8. The maximum absolute atomic E-state index is 14.0. The predicted octanol–water partition coefficient (Wildman–Crippen LogP) is 7.17. The van der Waals surface area contributed by atoms with E-state index >= 15 is 0 Å². The first-order valence-corrected chi connectivity index (χ1v) is 24.1. The molecule has 0 bridgehead atoms. The summed E-state index contributed by atoms with van der Waals surface area (Å²) >= 11 is 0. The van der Waals surface area contributed by atoms with Crippen molar-refractivity contribution in [2.24, 2.45) is 27.7 Å². The maximum atomic E-state index is 14.0. The second kappa shape index (κ2) is 19.1. The Morgan fingerprint density at radius 3 is 2.50 bits per heavy atom. The molecule has 3 amide bonds. The van der Waals surface area contributed by atoms with Crippen LogP contribution in [0.2, 0.25) is 0 Å². The number of likely N-dealkylation sites (tertiary alicyclic amines) is 2. The van der Waals surface area contributed by atoms with Gasteiger partial charge in [-0.15, -0.1) is 0 Å². The number of likely N-dealkylation sites (N-methyl/N-ethyl adjacent to an activating group) is 1. The smallest absolute Gasteiger partial charge is 0.245 e. The Morgan fingerprint density at radius 2 is 1.77 bits per heavy atom. The summed E-state index contributed by atoms with van der Waals surface area (Å²) in [5, 5.41) is 18.7. The van der Waals surface area contributed by atoms with Gasteiger partial charge < -0.3 is 25.8 Å². The number of nitrogens with one attached hydrogen (secondary N) is 4. The van der Waals surface area contributed by atoms with E-state index in [1.165, 1.54) is 19.6 Å². The lowest BCUT2D eigenvalue weighted by Gasteiger charge is -2.37. The van der Waals surface area contributed by atoms with Crippen molar-refractivity contribution in [1.82, 2.24) is 20.4 Å². The van der Waals surface area contributed by atoms with Crippen LogP contribution in [0, 0.1) is 35.0 Å². The number of anilines is 1. The molecule has 3 aliphatic heterocycles. The van der Waals surface area contributed by atoms with Crippen LogP contribution in [0.25, 0.3) is 11.1 Å². The highest BCUT2D eigenvalue weighted by molar-refractivity contribution is 6.37. The molecule has 12 heteroatoms. The Morgan fingerprint density at radius 1 is 1.00 bits per heavy atom. The molecule has 2 saturated carbocycles. The molecular formula is C52H68N8O4. The number of aliphatic imine (C=N–C) groups is 2. The van der Waals surface area contributed by atoms with Crippen molar-refractivity contribution in [3.8, 4) is 23.0 Å². The van der Waals surface area contributed by atoms with Gasteiger partial charge in [0.05, 0.1) is 36.4 Å². The number of rotatable bonds is 13. The molecule has 3 aliphatic carbocycles. The lowest BCUT2D eigenvalue weighted by Crippen LogP contribution is -2.53. The third kappa shape index (κ3) is 9.07. The number of Topliss-reactive ketones (excluding diaryl/α,β-unsaturated/α-hetero) is 1. The molecule has 8 rings (SSSR count). The first kappa shape index (κ1) is 45.4. The van der Waals surface area contributed by atoms with Gasteiger partial charge in [0.15, 0.2) is 0 Å². The monoisotopic (exact) mass is 869 g/mol. The van der Waals surface area contributed by atoms with E-state index in [0.29, 0.717) is 38.3 Å². The third-order valence-corrected chi connectivity index (χ3v) is 15.1. The zero-order chi connectivity index (χ0) is 45.3. The number of amides is 3. The molecule has 0 radical (unpaired) electrons. The molecule has 340 valence electrons. The summed E-state index contributed by atoms with van der Waals surface area (Å²) in [7, 11) is 1.89.